The van der Waals surface area contributed by atoms with Gasteiger partial charge in [0.15, 0.2) is 0 Å². The van der Waals surface area contributed by atoms with Crippen molar-refractivity contribution in [2.24, 2.45) is 5.92 Å². The van der Waals surface area contributed by atoms with Crippen molar-refractivity contribution < 1.29 is 129 Å². The topological polar surface area (TPSA) is 156 Å². The van der Waals surface area contributed by atoms with Gasteiger partial charge in [0.1, 0.15) is 0 Å². The zero-order chi connectivity index (χ0) is 13.5. The molecule has 104 valence electrons. The van der Waals surface area contributed by atoms with Gasteiger partial charge in [0, 0.05) is 29.3 Å². The minimum absolute atomic E-state index is 0. The van der Waals surface area contributed by atoms with Gasteiger partial charge in [-0.2, -0.15) is 4.33 Å². The molecule has 0 radical (unpaired) electrons. The maximum absolute atomic E-state index is 10.5. The number of rotatable bonds is 9. The van der Waals surface area contributed by atoms with E-state index >= 15 is 0 Å². The van der Waals surface area contributed by atoms with Gasteiger partial charge in [0.2, 0.25) is 0 Å². The van der Waals surface area contributed by atoms with Gasteiger partial charge in [-0.25, -0.2) is 16.8 Å². The van der Waals surface area contributed by atoms with E-state index in [0.717, 1.165) is 0 Å². The fourth-order valence-corrected chi connectivity index (χ4v) is 3.47. The molecule has 0 aromatic carbocycles. The smallest absolute Gasteiger partial charge is 0.748 e. The Labute approximate surface area is 188 Å². The van der Waals surface area contributed by atoms with Crippen LogP contribution < -0.4 is 93.9 Å². The van der Waals surface area contributed by atoms with Crippen LogP contribution in [-0.4, -0.2) is 43.2 Å². The van der Waals surface area contributed by atoms with E-state index in [9.17, 15) is 31.2 Å². The third-order valence-corrected chi connectivity index (χ3v) is 3.88. The zero-order valence-corrected chi connectivity index (χ0v) is 19.8. The van der Waals surface area contributed by atoms with Crippen molar-refractivity contribution in [1.82, 2.24) is 0 Å². The molecule has 0 bridgehead atoms. The first-order valence-corrected chi connectivity index (χ1v) is 8.16. The van der Waals surface area contributed by atoms with Crippen LogP contribution in [0.4, 0.5) is 0 Å². The second-order valence-electron chi connectivity index (χ2n) is 3.06. The fraction of sp³-hybridized carbons (Fsp3) is 1.00. The Kier molecular flexibility index (Phi) is 24.0. The molecule has 0 aliphatic rings. The van der Waals surface area contributed by atoms with Crippen molar-refractivity contribution >= 4 is 32.3 Å². The van der Waals surface area contributed by atoms with Crippen LogP contribution in [0.1, 0.15) is 6.42 Å². The Balaban J connectivity index is -0.000000427. The first kappa shape index (κ1) is 30.9. The molecule has 20 heavy (non-hydrogen) atoms. The predicted octanol–water partition coefficient (Wildman–Crippen LogP) is -11.0. The molecule has 0 aromatic rings. The van der Waals surface area contributed by atoms with Crippen LogP contribution in [0.15, 0.2) is 0 Å². The van der Waals surface area contributed by atoms with Gasteiger partial charge >= 0.3 is 88.7 Å². The van der Waals surface area contributed by atoms with E-state index in [4.69, 9.17) is 0 Å². The van der Waals surface area contributed by atoms with Crippen LogP contribution in [0.3, 0.4) is 0 Å². The molecule has 0 rings (SSSR count). The first-order valence-electron chi connectivity index (χ1n) is 4.09. The summed E-state index contributed by atoms with van der Waals surface area (Å²) < 4.78 is 66.6. The molecule has 0 N–H and O–H groups in total. The van der Waals surface area contributed by atoms with E-state index in [1.807, 2.05) is 0 Å². The summed E-state index contributed by atoms with van der Waals surface area (Å²) in [5, 5.41) is 12.4. The van der Waals surface area contributed by atoms with Gasteiger partial charge in [-0.05, 0) is 12.3 Å². The average molecular weight is 378 g/mol. The molecule has 0 saturated heterocycles. The van der Waals surface area contributed by atoms with Crippen molar-refractivity contribution in [2.75, 3.05) is 17.3 Å². The molecule has 0 saturated carbocycles. The zero-order valence-electron chi connectivity index (χ0n) is 11.3. The third kappa shape index (κ3) is 23.3. The molecule has 0 heterocycles. The van der Waals surface area contributed by atoms with Gasteiger partial charge < -0.3 is 14.4 Å². The van der Waals surface area contributed by atoms with Crippen molar-refractivity contribution in [2.45, 2.75) is 6.42 Å². The van der Waals surface area contributed by atoms with Crippen LogP contribution in [-0.2, 0) is 29.6 Å². The van der Waals surface area contributed by atoms with Gasteiger partial charge in [-0.1, -0.05) is 0 Å². The second kappa shape index (κ2) is 15.6. The molecule has 0 fully saturated rings. The molecule has 0 atom stereocenters. The standard InChI is InChI=1S/C5H12O9S3.3Na/c6-13-14-15-2-1-5(3-16(7,8)9)4-17(10,11)12;;;/h5-6H,1-4H2,(H,7,8,9)(H,10,11,12);;;/q;3*+1/p-3. The Morgan fingerprint density at radius 2 is 1.35 bits per heavy atom. The van der Waals surface area contributed by atoms with Gasteiger partial charge in [0.05, 0.1) is 20.2 Å². The molecule has 0 aliphatic heterocycles. The molecule has 9 nitrogen and oxygen atoms in total. The van der Waals surface area contributed by atoms with Gasteiger partial charge in [-0.15, -0.1) is 0 Å². The van der Waals surface area contributed by atoms with Gasteiger partial charge in [-0.3, -0.25) is 5.04 Å². The van der Waals surface area contributed by atoms with Crippen LogP contribution in [0, 0.1) is 5.92 Å². The van der Waals surface area contributed by atoms with Crippen molar-refractivity contribution in [1.29, 1.82) is 0 Å². The van der Waals surface area contributed by atoms with E-state index in [1.165, 1.54) is 0 Å². The third-order valence-electron chi connectivity index (χ3n) is 1.56. The fourth-order valence-electron chi connectivity index (χ4n) is 1.06. The largest absolute Gasteiger partial charge is 1.00 e. The summed E-state index contributed by atoms with van der Waals surface area (Å²) >= 11 is 0.505. The minimum atomic E-state index is -4.63. The predicted molar refractivity (Wildman–Crippen MR) is 51.9 cm³/mol. The maximum Gasteiger partial charge on any atom is 1.00 e. The van der Waals surface area contributed by atoms with Crippen LogP contribution >= 0.6 is 12.0 Å². The second-order valence-corrected chi connectivity index (χ2v) is 6.74. The van der Waals surface area contributed by atoms with Crippen LogP contribution in [0.2, 0.25) is 0 Å². The van der Waals surface area contributed by atoms with Crippen molar-refractivity contribution in [3.05, 3.63) is 0 Å². The van der Waals surface area contributed by atoms with Crippen molar-refractivity contribution in [3.63, 3.8) is 0 Å². The van der Waals surface area contributed by atoms with E-state index in [2.05, 4.69) is 9.37 Å². The quantitative estimate of drug-likeness (QED) is 0.0942. The molecule has 0 aliphatic carbocycles. The van der Waals surface area contributed by atoms with Gasteiger partial charge in [0.25, 0.3) is 0 Å². The van der Waals surface area contributed by atoms with E-state index in [1.54, 1.807) is 0 Å². The van der Waals surface area contributed by atoms with E-state index in [-0.39, 0.29) is 101 Å². The SMILES string of the molecule is O=S(=O)([O-])CC(CCSOO[O-])CS(=O)(=O)[O-].[Na+].[Na+].[Na+]. The Bertz CT molecular complexity index is 377. The number of hydrogen-bond donors (Lipinski definition) is 0. The summed E-state index contributed by atoms with van der Waals surface area (Å²) in [5.41, 5.74) is 0. The van der Waals surface area contributed by atoms with Crippen molar-refractivity contribution in [3.8, 4) is 0 Å². The number of hydrogen-bond acceptors (Lipinski definition) is 10. The molecular weight excluding hydrogens is 369 g/mol. The summed E-state index contributed by atoms with van der Waals surface area (Å²) in [5.74, 6) is -3.07. The summed E-state index contributed by atoms with van der Waals surface area (Å²) in [6, 6.07) is 0. The summed E-state index contributed by atoms with van der Waals surface area (Å²) in [6.07, 6.45) is -0.100. The molecule has 0 spiro atoms. The maximum atomic E-state index is 10.5. The van der Waals surface area contributed by atoms with E-state index in [0.29, 0.717) is 12.0 Å². The Morgan fingerprint density at radius 3 is 1.65 bits per heavy atom. The Hall–Kier alpha value is 3.05. The Morgan fingerprint density at radius 1 is 0.950 bits per heavy atom. The normalized spacial score (nSPS) is 11.2. The van der Waals surface area contributed by atoms with E-state index < -0.39 is 37.7 Å². The minimum Gasteiger partial charge on any atom is -0.748 e. The first-order chi connectivity index (χ1) is 7.64. The molecular formula is C5H9Na3O9S3. The molecule has 0 unspecified atom stereocenters. The molecule has 0 amide bonds. The summed E-state index contributed by atoms with van der Waals surface area (Å²) in [6.45, 7) is 0. The van der Waals surface area contributed by atoms with Crippen LogP contribution in [0.25, 0.3) is 0 Å². The monoisotopic (exact) mass is 378 g/mol. The summed E-state index contributed by atoms with van der Waals surface area (Å²) in [7, 11) is -9.27. The summed E-state index contributed by atoms with van der Waals surface area (Å²) in [4.78, 5) is 0. The molecule has 0 aromatic heterocycles. The molecule has 15 heteroatoms. The average Bonchev–Trinajstić information content (AvgIpc) is 2.06. The van der Waals surface area contributed by atoms with Crippen LogP contribution in [0.5, 0.6) is 0 Å².